The van der Waals surface area contributed by atoms with Gasteiger partial charge in [0, 0.05) is 11.9 Å². The molecule has 6 heteroatoms. The number of carbonyl (C=O) groups excluding carboxylic acids is 3. The van der Waals surface area contributed by atoms with Gasteiger partial charge in [-0.3, -0.25) is 9.59 Å². The summed E-state index contributed by atoms with van der Waals surface area (Å²) in [6, 6.07) is 6.38. The first kappa shape index (κ1) is 14.3. The first-order chi connectivity index (χ1) is 10.5. The molecule has 0 saturated heterocycles. The minimum absolute atomic E-state index is 0.103. The number of para-hydroxylation sites is 1. The zero-order chi connectivity index (χ0) is 15.9. The number of hydrogen-bond donors (Lipinski definition) is 2. The van der Waals surface area contributed by atoms with E-state index >= 15 is 0 Å². The zero-order valence-corrected chi connectivity index (χ0v) is 11.7. The molecule has 2 aliphatic carbocycles. The Kier molecular flexibility index (Phi) is 3.44. The largest absolute Gasteiger partial charge is 0.550 e. The van der Waals surface area contributed by atoms with Crippen molar-refractivity contribution in [2.24, 2.45) is 29.4 Å². The van der Waals surface area contributed by atoms with Gasteiger partial charge in [-0.25, -0.2) is 0 Å². The van der Waals surface area contributed by atoms with Crippen molar-refractivity contribution in [3.05, 3.63) is 42.0 Å². The van der Waals surface area contributed by atoms with Crippen LogP contribution in [0.15, 0.2) is 36.4 Å². The number of nitrogens with two attached hydrogens (primary N) is 1. The van der Waals surface area contributed by atoms with Crippen molar-refractivity contribution >= 4 is 23.5 Å². The molecule has 6 nitrogen and oxygen atoms in total. The third-order valence-corrected chi connectivity index (χ3v) is 4.48. The van der Waals surface area contributed by atoms with E-state index < -0.39 is 29.6 Å². The third kappa shape index (κ3) is 2.26. The van der Waals surface area contributed by atoms with Crippen LogP contribution in [0.4, 0.5) is 5.69 Å². The number of nitrogens with one attached hydrogen (secondary N) is 1. The quantitative estimate of drug-likeness (QED) is 0.757. The van der Waals surface area contributed by atoms with E-state index in [2.05, 4.69) is 5.32 Å². The van der Waals surface area contributed by atoms with Gasteiger partial charge in [0.05, 0.1) is 17.2 Å². The summed E-state index contributed by atoms with van der Waals surface area (Å²) in [4.78, 5) is 35.2. The van der Waals surface area contributed by atoms with Crippen LogP contribution >= 0.6 is 0 Å². The van der Waals surface area contributed by atoms with Gasteiger partial charge < -0.3 is 21.0 Å². The van der Waals surface area contributed by atoms with Crippen LogP contribution in [0.1, 0.15) is 16.8 Å². The fraction of sp³-hybridized carbons (Fsp3) is 0.312. The van der Waals surface area contributed by atoms with Crippen LogP contribution < -0.4 is 16.2 Å². The molecule has 0 aromatic heterocycles. The Hall–Kier alpha value is -2.63. The highest BCUT2D eigenvalue weighted by atomic mass is 16.4. The van der Waals surface area contributed by atoms with Gasteiger partial charge in [-0.05, 0) is 30.4 Å². The number of carbonyl (C=O) groups is 3. The van der Waals surface area contributed by atoms with Crippen molar-refractivity contribution in [2.75, 3.05) is 5.32 Å². The Balaban J connectivity index is 1.85. The smallest absolute Gasteiger partial charge is 0.250 e. The van der Waals surface area contributed by atoms with E-state index in [0.717, 1.165) is 0 Å². The number of carboxylic acid groups (broad SMARTS) is 1. The van der Waals surface area contributed by atoms with Gasteiger partial charge in [0.15, 0.2) is 0 Å². The average molecular weight is 299 g/mol. The molecule has 1 saturated carbocycles. The van der Waals surface area contributed by atoms with Crippen LogP contribution in [0.2, 0.25) is 0 Å². The number of allylic oxidation sites excluding steroid dienone is 2. The Bertz CT molecular complexity index is 682. The lowest BCUT2D eigenvalue weighted by Gasteiger charge is -2.28. The maximum absolute atomic E-state index is 12.5. The zero-order valence-electron chi connectivity index (χ0n) is 11.7. The number of carboxylic acids is 1. The molecule has 22 heavy (non-hydrogen) atoms. The van der Waals surface area contributed by atoms with Gasteiger partial charge in [0.1, 0.15) is 0 Å². The summed E-state index contributed by atoms with van der Waals surface area (Å²) >= 11 is 0. The number of benzene rings is 1. The molecule has 0 heterocycles. The van der Waals surface area contributed by atoms with E-state index in [1.165, 1.54) is 6.07 Å². The van der Waals surface area contributed by atoms with Crippen LogP contribution in [0.3, 0.4) is 0 Å². The first-order valence-electron chi connectivity index (χ1n) is 7.08. The number of primary amides is 1. The lowest BCUT2D eigenvalue weighted by atomic mass is 9.82. The molecule has 0 spiro atoms. The second-order valence-electron chi connectivity index (χ2n) is 5.72. The summed E-state index contributed by atoms with van der Waals surface area (Å²) in [5.74, 6) is -4.04. The SMILES string of the molecule is NC(=O)c1ccccc1NC(=O)[C@@H]1[C@@H](C(=O)[O-])[C@H]2C=C[C@H]1C2. The van der Waals surface area contributed by atoms with E-state index in [0.29, 0.717) is 12.1 Å². The third-order valence-electron chi connectivity index (χ3n) is 4.48. The molecule has 1 aromatic carbocycles. The summed E-state index contributed by atoms with van der Waals surface area (Å²) < 4.78 is 0. The number of amides is 2. The monoisotopic (exact) mass is 299 g/mol. The van der Waals surface area contributed by atoms with E-state index in [1.54, 1.807) is 18.2 Å². The number of aliphatic carboxylic acids is 1. The van der Waals surface area contributed by atoms with E-state index in [-0.39, 0.29) is 17.4 Å². The molecule has 0 aliphatic heterocycles. The minimum Gasteiger partial charge on any atom is -0.550 e. The van der Waals surface area contributed by atoms with Crippen LogP contribution in [0.5, 0.6) is 0 Å². The topological polar surface area (TPSA) is 112 Å². The molecule has 3 rings (SSSR count). The number of fused-ring (bicyclic) bond motifs is 2. The molecule has 114 valence electrons. The lowest BCUT2D eigenvalue weighted by molar-refractivity contribution is -0.313. The van der Waals surface area contributed by atoms with Crippen molar-refractivity contribution in [3.63, 3.8) is 0 Å². The fourth-order valence-electron chi connectivity index (χ4n) is 3.52. The summed E-state index contributed by atoms with van der Waals surface area (Å²) in [6.07, 6.45) is 4.37. The molecular formula is C16H15N2O4-. The molecule has 1 aromatic rings. The van der Waals surface area contributed by atoms with Crippen molar-refractivity contribution in [2.45, 2.75) is 6.42 Å². The fourth-order valence-corrected chi connectivity index (χ4v) is 3.52. The van der Waals surface area contributed by atoms with Gasteiger partial charge in [-0.15, -0.1) is 0 Å². The van der Waals surface area contributed by atoms with Gasteiger partial charge in [-0.2, -0.15) is 0 Å². The van der Waals surface area contributed by atoms with Gasteiger partial charge >= 0.3 is 0 Å². The Morgan fingerprint density at radius 3 is 2.36 bits per heavy atom. The number of anilines is 1. The predicted octanol–water partition coefficient (Wildman–Crippen LogP) is -0.0878. The maximum atomic E-state index is 12.5. The summed E-state index contributed by atoms with van der Waals surface area (Å²) in [5.41, 5.74) is 5.76. The van der Waals surface area contributed by atoms with Crippen LogP contribution in [-0.4, -0.2) is 17.8 Å². The highest BCUT2D eigenvalue weighted by Crippen LogP contribution is 2.48. The Labute approximate surface area is 127 Å². The van der Waals surface area contributed by atoms with E-state index in [1.807, 2.05) is 12.2 Å². The second kappa shape index (κ2) is 5.29. The molecule has 1 fully saturated rings. The van der Waals surface area contributed by atoms with Crippen molar-refractivity contribution in [1.29, 1.82) is 0 Å². The molecule has 4 atom stereocenters. The summed E-state index contributed by atoms with van der Waals surface area (Å²) in [5, 5.41) is 14.0. The molecule has 2 bridgehead atoms. The van der Waals surface area contributed by atoms with Gasteiger partial charge in [-0.1, -0.05) is 24.3 Å². The molecule has 0 radical (unpaired) electrons. The van der Waals surface area contributed by atoms with Gasteiger partial charge in [0.25, 0.3) is 5.91 Å². The number of hydrogen-bond acceptors (Lipinski definition) is 4. The predicted molar refractivity (Wildman–Crippen MR) is 76.3 cm³/mol. The maximum Gasteiger partial charge on any atom is 0.250 e. The van der Waals surface area contributed by atoms with E-state index in [4.69, 9.17) is 5.73 Å². The van der Waals surface area contributed by atoms with Crippen molar-refractivity contribution in [3.8, 4) is 0 Å². The highest BCUT2D eigenvalue weighted by Gasteiger charge is 2.48. The Morgan fingerprint density at radius 2 is 1.73 bits per heavy atom. The number of rotatable bonds is 4. The molecule has 0 unspecified atom stereocenters. The van der Waals surface area contributed by atoms with Crippen LogP contribution in [0, 0.1) is 23.7 Å². The minimum atomic E-state index is -1.21. The molecule has 2 aliphatic rings. The Morgan fingerprint density at radius 1 is 1.09 bits per heavy atom. The van der Waals surface area contributed by atoms with Crippen molar-refractivity contribution in [1.82, 2.24) is 0 Å². The van der Waals surface area contributed by atoms with Gasteiger partial charge in [0.2, 0.25) is 5.91 Å². The first-order valence-corrected chi connectivity index (χ1v) is 7.08. The van der Waals surface area contributed by atoms with Crippen molar-refractivity contribution < 1.29 is 19.5 Å². The summed E-state index contributed by atoms with van der Waals surface area (Å²) in [7, 11) is 0. The van der Waals surface area contributed by atoms with Crippen LogP contribution in [-0.2, 0) is 9.59 Å². The van der Waals surface area contributed by atoms with Crippen LogP contribution in [0.25, 0.3) is 0 Å². The molecule has 3 N–H and O–H groups in total. The normalized spacial score (nSPS) is 28.5. The molecule has 2 amide bonds. The average Bonchev–Trinajstić information content (AvgIpc) is 3.08. The highest BCUT2D eigenvalue weighted by molar-refractivity contribution is 6.04. The standard InChI is InChI=1S/C16H16N2O4/c17-14(19)10-3-1-2-4-11(10)18-15(20)12-8-5-6-9(7-8)13(12)16(21)22/h1-6,8-9,12-13H,7H2,(H2,17,19)(H,18,20)(H,21,22)/p-1/t8-,9-,12-,13-/m0/s1. The molecular weight excluding hydrogens is 284 g/mol. The van der Waals surface area contributed by atoms with E-state index in [9.17, 15) is 19.5 Å². The second-order valence-corrected chi connectivity index (χ2v) is 5.72. The lowest BCUT2D eigenvalue weighted by Crippen LogP contribution is -2.43. The summed E-state index contributed by atoms with van der Waals surface area (Å²) in [6.45, 7) is 0.